The highest BCUT2D eigenvalue weighted by Crippen LogP contribution is 2.46. The lowest BCUT2D eigenvalue weighted by Crippen LogP contribution is -2.60. The van der Waals surface area contributed by atoms with Gasteiger partial charge in [-0.25, -0.2) is 0 Å². The van der Waals surface area contributed by atoms with E-state index in [2.05, 4.69) is 15.9 Å². The maximum atomic E-state index is 13.9. The SMILES string of the molecule is COc1ccc(N2CC(C(=O)N3CCCC4=C[C@@H]5C[C@@H](CN6CCCC[C@H]56)[C@@H]43)CC2=O)c(OC)c1. The van der Waals surface area contributed by atoms with Gasteiger partial charge in [-0.1, -0.05) is 18.1 Å². The zero-order valence-electron chi connectivity index (χ0n) is 20.9. The number of carbonyl (C=O) groups excluding carboxylic acids is 2. The molecule has 2 bridgehead atoms. The molecule has 0 saturated carbocycles. The Morgan fingerprint density at radius 3 is 2.77 bits per heavy atom. The zero-order valence-corrected chi connectivity index (χ0v) is 20.9. The lowest BCUT2D eigenvalue weighted by molar-refractivity contribution is -0.140. The average molecular weight is 480 g/mol. The summed E-state index contributed by atoms with van der Waals surface area (Å²) in [5.41, 5.74) is 2.20. The largest absolute Gasteiger partial charge is 0.497 e. The molecule has 1 aromatic rings. The predicted octanol–water partition coefficient (Wildman–Crippen LogP) is 3.48. The first-order valence-electron chi connectivity index (χ1n) is 13.3. The van der Waals surface area contributed by atoms with Crippen LogP contribution in [0.3, 0.4) is 0 Å². The predicted molar refractivity (Wildman–Crippen MR) is 134 cm³/mol. The molecule has 1 unspecified atom stereocenters. The van der Waals surface area contributed by atoms with Gasteiger partial charge in [0.2, 0.25) is 11.8 Å². The van der Waals surface area contributed by atoms with Crippen LogP contribution in [0.15, 0.2) is 29.8 Å². The maximum Gasteiger partial charge on any atom is 0.228 e. The number of anilines is 1. The van der Waals surface area contributed by atoms with Crippen molar-refractivity contribution in [2.45, 2.75) is 57.0 Å². The molecule has 5 aliphatic rings. The Hall–Kier alpha value is -2.54. The van der Waals surface area contributed by atoms with E-state index in [1.54, 1.807) is 25.2 Å². The molecule has 188 valence electrons. The van der Waals surface area contributed by atoms with Crippen molar-refractivity contribution in [3.05, 3.63) is 29.8 Å². The first kappa shape index (κ1) is 22.9. The molecule has 35 heavy (non-hydrogen) atoms. The van der Waals surface area contributed by atoms with Crippen LogP contribution in [-0.2, 0) is 9.59 Å². The Morgan fingerprint density at radius 2 is 1.94 bits per heavy atom. The molecule has 0 radical (unpaired) electrons. The van der Waals surface area contributed by atoms with E-state index in [1.807, 2.05) is 12.1 Å². The van der Waals surface area contributed by atoms with E-state index in [1.165, 1.54) is 37.8 Å². The summed E-state index contributed by atoms with van der Waals surface area (Å²) in [6, 6.07) is 6.39. The number of ether oxygens (including phenoxy) is 2. The number of benzene rings is 1. The van der Waals surface area contributed by atoms with Gasteiger partial charge in [-0.3, -0.25) is 14.5 Å². The van der Waals surface area contributed by atoms with Crippen molar-refractivity contribution in [2.75, 3.05) is 45.3 Å². The summed E-state index contributed by atoms with van der Waals surface area (Å²) in [4.78, 5) is 33.6. The minimum Gasteiger partial charge on any atom is -0.497 e. The van der Waals surface area contributed by atoms with Gasteiger partial charge in [-0.05, 0) is 62.6 Å². The van der Waals surface area contributed by atoms with Crippen LogP contribution in [-0.4, -0.2) is 74.1 Å². The highest BCUT2D eigenvalue weighted by molar-refractivity contribution is 6.01. The van der Waals surface area contributed by atoms with E-state index in [4.69, 9.17) is 9.47 Å². The number of methoxy groups -OCH3 is 2. The molecule has 6 rings (SSSR count). The molecule has 4 aliphatic heterocycles. The number of carbonyl (C=O) groups is 2. The molecule has 7 heteroatoms. The average Bonchev–Trinajstić information content (AvgIpc) is 3.28. The Labute approximate surface area is 208 Å². The van der Waals surface area contributed by atoms with E-state index in [0.29, 0.717) is 41.6 Å². The number of hydrogen-bond acceptors (Lipinski definition) is 5. The van der Waals surface area contributed by atoms with Gasteiger partial charge in [0.05, 0.1) is 31.9 Å². The van der Waals surface area contributed by atoms with E-state index in [0.717, 1.165) is 25.9 Å². The third-order valence-corrected chi connectivity index (χ3v) is 9.09. The van der Waals surface area contributed by atoms with Crippen molar-refractivity contribution in [3.63, 3.8) is 0 Å². The second kappa shape index (κ2) is 9.16. The third kappa shape index (κ3) is 3.92. The van der Waals surface area contributed by atoms with Crippen LogP contribution in [0.5, 0.6) is 11.5 Å². The topological polar surface area (TPSA) is 62.3 Å². The fourth-order valence-corrected chi connectivity index (χ4v) is 7.57. The van der Waals surface area contributed by atoms with Gasteiger partial charge in [0.25, 0.3) is 0 Å². The number of likely N-dealkylation sites (tertiary alicyclic amines) is 1. The van der Waals surface area contributed by atoms with Crippen molar-refractivity contribution in [2.24, 2.45) is 17.8 Å². The molecule has 4 saturated heterocycles. The summed E-state index contributed by atoms with van der Waals surface area (Å²) < 4.78 is 10.8. The Kier molecular flexibility index (Phi) is 5.99. The number of nitrogens with zero attached hydrogens (tertiary/aromatic N) is 3. The molecule has 5 atom stereocenters. The van der Waals surface area contributed by atoms with Crippen LogP contribution < -0.4 is 14.4 Å². The summed E-state index contributed by atoms with van der Waals surface area (Å²) in [6.07, 6.45) is 10.1. The first-order chi connectivity index (χ1) is 17.1. The maximum absolute atomic E-state index is 13.9. The fourth-order valence-electron chi connectivity index (χ4n) is 7.57. The zero-order chi connectivity index (χ0) is 24.1. The van der Waals surface area contributed by atoms with Gasteiger partial charge in [-0.2, -0.15) is 0 Å². The molecule has 0 spiro atoms. The number of rotatable bonds is 4. The normalized spacial score (nSPS) is 32.6. The van der Waals surface area contributed by atoms with E-state index in [-0.39, 0.29) is 30.2 Å². The molecule has 2 amide bonds. The van der Waals surface area contributed by atoms with Crippen LogP contribution in [0, 0.1) is 17.8 Å². The number of amides is 2. The standard InChI is InChI=1S/C28H37N3O4/c1-34-22-8-9-24(25(15-22)35-2)31-17-21(14-26(31)32)28(33)30-11-5-6-18-12-19-13-20(27(18)30)16-29-10-4-3-7-23(19)29/h8-9,12,15,19-21,23,27H,3-7,10-11,13-14,16-17H2,1-2H3/t19-,20+,21?,23-,27-/m1/s1. The Morgan fingerprint density at radius 1 is 1.06 bits per heavy atom. The van der Waals surface area contributed by atoms with Gasteiger partial charge in [-0.15, -0.1) is 0 Å². The molecule has 0 N–H and O–H groups in total. The van der Waals surface area contributed by atoms with Gasteiger partial charge < -0.3 is 19.3 Å². The highest BCUT2D eigenvalue weighted by Gasteiger charge is 2.48. The van der Waals surface area contributed by atoms with Crippen LogP contribution >= 0.6 is 0 Å². The summed E-state index contributed by atoms with van der Waals surface area (Å²) >= 11 is 0. The van der Waals surface area contributed by atoms with Crippen LogP contribution in [0.2, 0.25) is 0 Å². The van der Waals surface area contributed by atoms with Crippen molar-refractivity contribution >= 4 is 17.5 Å². The number of fused-ring (bicyclic) bond motifs is 6. The smallest absolute Gasteiger partial charge is 0.228 e. The second-order valence-corrected chi connectivity index (χ2v) is 11.0. The summed E-state index contributed by atoms with van der Waals surface area (Å²) in [6.45, 7) is 3.54. The quantitative estimate of drug-likeness (QED) is 0.619. The number of piperidine rings is 3. The van der Waals surface area contributed by atoms with Crippen molar-refractivity contribution in [1.29, 1.82) is 0 Å². The minimum absolute atomic E-state index is 0.0166. The Bertz CT molecular complexity index is 1040. The van der Waals surface area contributed by atoms with Gasteiger partial charge >= 0.3 is 0 Å². The monoisotopic (exact) mass is 479 g/mol. The van der Waals surface area contributed by atoms with Gasteiger partial charge in [0.15, 0.2) is 0 Å². The van der Waals surface area contributed by atoms with E-state index < -0.39 is 0 Å². The summed E-state index contributed by atoms with van der Waals surface area (Å²) in [5.74, 6) is 2.27. The third-order valence-electron chi connectivity index (χ3n) is 9.09. The van der Waals surface area contributed by atoms with Gasteiger partial charge in [0.1, 0.15) is 11.5 Å². The van der Waals surface area contributed by atoms with Crippen LogP contribution in [0.1, 0.15) is 44.9 Å². The Balaban J connectivity index is 1.22. The van der Waals surface area contributed by atoms with Crippen LogP contribution in [0.25, 0.3) is 0 Å². The summed E-state index contributed by atoms with van der Waals surface area (Å²) in [7, 11) is 3.20. The van der Waals surface area contributed by atoms with Gasteiger partial charge in [0, 0.05) is 38.2 Å². The fraction of sp³-hybridized carbons (Fsp3) is 0.643. The van der Waals surface area contributed by atoms with Crippen molar-refractivity contribution < 1.29 is 19.1 Å². The summed E-state index contributed by atoms with van der Waals surface area (Å²) in [5, 5.41) is 0. The van der Waals surface area contributed by atoms with Crippen LogP contribution in [0.4, 0.5) is 5.69 Å². The first-order valence-corrected chi connectivity index (χ1v) is 13.3. The van der Waals surface area contributed by atoms with Crippen molar-refractivity contribution in [1.82, 2.24) is 9.80 Å². The van der Waals surface area contributed by atoms with Crippen molar-refractivity contribution in [3.8, 4) is 11.5 Å². The molecule has 4 fully saturated rings. The molecule has 1 aromatic carbocycles. The molecule has 7 nitrogen and oxygen atoms in total. The molecule has 4 heterocycles. The lowest BCUT2D eigenvalue weighted by Gasteiger charge is -2.55. The molecule has 0 aromatic heterocycles. The highest BCUT2D eigenvalue weighted by atomic mass is 16.5. The van der Waals surface area contributed by atoms with E-state index >= 15 is 0 Å². The lowest BCUT2D eigenvalue weighted by atomic mass is 9.68. The minimum atomic E-state index is -0.308. The van der Waals surface area contributed by atoms with E-state index in [9.17, 15) is 9.59 Å². The number of hydrogen-bond donors (Lipinski definition) is 0. The molecular weight excluding hydrogens is 442 g/mol. The molecular formula is C28H37N3O4. The second-order valence-electron chi connectivity index (χ2n) is 11.0. The molecule has 1 aliphatic carbocycles.